The number of nitrogens with one attached hydrogen (secondary N) is 1. The molecule has 11 heteroatoms. The molecule has 3 rings (SSSR count). The van der Waals surface area contributed by atoms with E-state index in [2.05, 4.69) is 10.3 Å². The van der Waals surface area contributed by atoms with Crippen LogP contribution in [0, 0.1) is 10.1 Å². The van der Waals surface area contributed by atoms with Gasteiger partial charge in [-0.2, -0.15) is 4.31 Å². The molecule has 0 bridgehead atoms. The Labute approximate surface area is 172 Å². The zero-order valence-electron chi connectivity index (χ0n) is 15.5. The van der Waals surface area contributed by atoms with Gasteiger partial charge in [0, 0.05) is 37.5 Å². The standard InChI is InChI=1S/C18H20N4O5S2/c23-17(20-15-5-1-2-6-16(15)22(24)25)9-12-28-18-8-7-14(13-19-18)29(26,27)21-10-3-4-11-21/h1-2,5-8,13H,3-4,9-12H2,(H,20,23). The molecule has 1 amide bonds. The van der Waals surface area contributed by atoms with Crippen molar-refractivity contribution in [1.82, 2.24) is 9.29 Å². The van der Waals surface area contributed by atoms with Crippen LogP contribution in [0.2, 0.25) is 0 Å². The first-order valence-electron chi connectivity index (χ1n) is 9.00. The molecule has 1 aromatic carbocycles. The Kier molecular flexibility index (Phi) is 6.83. The molecule has 0 radical (unpaired) electrons. The smallest absolute Gasteiger partial charge is 0.292 e. The number of para-hydroxylation sites is 2. The van der Waals surface area contributed by atoms with E-state index in [1.165, 1.54) is 46.5 Å². The van der Waals surface area contributed by atoms with Crippen molar-refractivity contribution in [3.8, 4) is 0 Å². The van der Waals surface area contributed by atoms with Crippen LogP contribution < -0.4 is 5.32 Å². The number of nitro groups is 1. The summed E-state index contributed by atoms with van der Waals surface area (Å²) in [6.45, 7) is 1.07. The van der Waals surface area contributed by atoms with Gasteiger partial charge in [0.05, 0.1) is 9.95 Å². The monoisotopic (exact) mass is 436 g/mol. The molecule has 0 atom stereocenters. The number of carbonyl (C=O) groups is 1. The van der Waals surface area contributed by atoms with Crippen molar-refractivity contribution in [1.29, 1.82) is 0 Å². The normalized spacial score (nSPS) is 14.6. The molecule has 0 saturated carbocycles. The fraction of sp³-hybridized carbons (Fsp3) is 0.333. The van der Waals surface area contributed by atoms with E-state index in [9.17, 15) is 23.3 Å². The number of thioether (sulfide) groups is 1. The molecule has 0 aliphatic carbocycles. The Hall–Kier alpha value is -2.50. The largest absolute Gasteiger partial charge is 0.320 e. The highest BCUT2D eigenvalue weighted by Crippen LogP contribution is 2.25. The van der Waals surface area contributed by atoms with Crippen molar-refractivity contribution >= 4 is 39.1 Å². The molecule has 0 unspecified atom stereocenters. The minimum absolute atomic E-state index is 0.131. The fourth-order valence-electron chi connectivity index (χ4n) is 2.88. The number of aromatic nitrogens is 1. The summed E-state index contributed by atoms with van der Waals surface area (Å²) in [4.78, 5) is 26.8. The Morgan fingerprint density at radius 3 is 2.59 bits per heavy atom. The molecule has 1 N–H and O–H groups in total. The minimum Gasteiger partial charge on any atom is -0.320 e. The van der Waals surface area contributed by atoms with E-state index in [0.717, 1.165) is 12.8 Å². The number of sulfonamides is 1. The number of hydrogen-bond donors (Lipinski definition) is 1. The van der Waals surface area contributed by atoms with Crippen LogP contribution in [0.25, 0.3) is 0 Å². The second-order valence-electron chi connectivity index (χ2n) is 6.36. The Morgan fingerprint density at radius 1 is 1.21 bits per heavy atom. The summed E-state index contributed by atoms with van der Waals surface area (Å²) < 4.78 is 26.4. The first-order valence-corrected chi connectivity index (χ1v) is 11.4. The van der Waals surface area contributed by atoms with Crippen molar-refractivity contribution in [3.05, 3.63) is 52.7 Å². The maximum absolute atomic E-state index is 12.5. The number of benzene rings is 1. The van der Waals surface area contributed by atoms with Crippen LogP contribution in [0.5, 0.6) is 0 Å². The molecule has 1 aromatic heterocycles. The van der Waals surface area contributed by atoms with E-state index in [4.69, 9.17) is 0 Å². The van der Waals surface area contributed by atoms with Gasteiger partial charge in [-0.05, 0) is 31.0 Å². The van der Waals surface area contributed by atoms with E-state index in [1.807, 2.05) is 0 Å². The molecule has 1 aliphatic rings. The molecule has 1 fully saturated rings. The Bertz CT molecular complexity index is 990. The summed E-state index contributed by atoms with van der Waals surface area (Å²) in [7, 11) is -3.49. The van der Waals surface area contributed by atoms with Crippen molar-refractivity contribution in [2.45, 2.75) is 29.2 Å². The molecule has 2 heterocycles. The van der Waals surface area contributed by atoms with Crippen LogP contribution in [0.1, 0.15) is 19.3 Å². The number of amides is 1. The zero-order valence-corrected chi connectivity index (χ0v) is 17.1. The van der Waals surface area contributed by atoms with E-state index in [1.54, 1.807) is 12.1 Å². The number of nitro benzene ring substituents is 1. The van der Waals surface area contributed by atoms with Crippen molar-refractivity contribution < 1.29 is 18.1 Å². The van der Waals surface area contributed by atoms with Gasteiger partial charge in [-0.15, -0.1) is 11.8 Å². The summed E-state index contributed by atoms with van der Waals surface area (Å²) in [5, 5.41) is 14.1. The average Bonchev–Trinajstić information content (AvgIpc) is 3.24. The maximum atomic E-state index is 12.5. The van der Waals surface area contributed by atoms with Gasteiger partial charge in [0.1, 0.15) is 10.6 Å². The van der Waals surface area contributed by atoms with Crippen LogP contribution in [0.3, 0.4) is 0 Å². The van der Waals surface area contributed by atoms with Gasteiger partial charge in [0.15, 0.2) is 0 Å². The highest BCUT2D eigenvalue weighted by atomic mass is 32.2. The quantitative estimate of drug-likeness (QED) is 0.383. The van der Waals surface area contributed by atoms with Gasteiger partial charge in [-0.3, -0.25) is 14.9 Å². The summed E-state index contributed by atoms with van der Waals surface area (Å²) in [6, 6.07) is 9.09. The van der Waals surface area contributed by atoms with Crippen LogP contribution in [0.4, 0.5) is 11.4 Å². The lowest BCUT2D eigenvalue weighted by molar-refractivity contribution is -0.383. The summed E-state index contributed by atoms with van der Waals surface area (Å²) in [5.74, 6) is 0.0533. The van der Waals surface area contributed by atoms with Crippen molar-refractivity contribution in [2.24, 2.45) is 0 Å². The van der Waals surface area contributed by atoms with Crippen LogP contribution >= 0.6 is 11.8 Å². The van der Waals surface area contributed by atoms with Crippen molar-refractivity contribution in [2.75, 3.05) is 24.2 Å². The average molecular weight is 437 g/mol. The SMILES string of the molecule is O=C(CCSc1ccc(S(=O)(=O)N2CCCC2)cn1)Nc1ccccc1[N+](=O)[O-]. The second kappa shape index (κ2) is 9.33. The Morgan fingerprint density at radius 2 is 1.93 bits per heavy atom. The molecule has 0 spiro atoms. The highest BCUT2D eigenvalue weighted by Gasteiger charge is 2.27. The second-order valence-corrected chi connectivity index (χ2v) is 9.42. The van der Waals surface area contributed by atoms with Gasteiger partial charge in [0.2, 0.25) is 15.9 Å². The van der Waals surface area contributed by atoms with Gasteiger partial charge in [0.25, 0.3) is 5.69 Å². The third-order valence-electron chi connectivity index (χ3n) is 4.37. The maximum Gasteiger partial charge on any atom is 0.292 e. The predicted octanol–water partition coefficient (Wildman–Crippen LogP) is 2.90. The molecule has 29 heavy (non-hydrogen) atoms. The van der Waals surface area contributed by atoms with E-state index >= 15 is 0 Å². The summed E-state index contributed by atoms with van der Waals surface area (Å²) in [6.07, 6.45) is 3.21. The van der Waals surface area contributed by atoms with Gasteiger partial charge in [-0.1, -0.05) is 12.1 Å². The third-order valence-corrected chi connectivity index (χ3v) is 7.19. The van der Waals surface area contributed by atoms with Gasteiger partial charge in [-0.25, -0.2) is 13.4 Å². The topological polar surface area (TPSA) is 123 Å². The Balaban J connectivity index is 1.52. The molecular weight excluding hydrogens is 416 g/mol. The molecule has 1 aliphatic heterocycles. The number of anilines is 1. The molecule has 9 nitrogen and oxygen atoms in total. The number of nitrogens with zero attached hydrogens (tertiary/aromatic N) is 3. The number of rotatable bonds is 8. The summed E-state index contributed by atoms with van der Waals surface area (Å²) in [5.41, 5.74) is -0.00734. The number of carbonyl (C=O) groups excluding carboxylic acids is 1. The van der Waals surface area contributed by atoms with E-state index in [-0.39, 0.29) is 28.6 Å². The molecule has 2 aromatic rings. The first-order chi connectivity index (χ1) is 13.9. The first kappa shape index (κ1) is 21.2. The lowest BCUT2D eigenvalue weighted by Crippen LogP contribution is -2.27. The van der Waals surface area contributed by atoms with E-state index < -0.39 is 14.9 Å². The zero-order chi connectivity index (χ0) is 20.9. The van der Waals surface area contributed by atoms with Crippen LogP contribution in [-0.4, -0.2) is 47.4 Å². The third kappa shape index (κ3) is 5.31. The highest BCUT2D eigenvalue weighted by molar-refractivity contribution is 7.99. The number of pyridine rings is 1. The molecular formula is C18H20N4O5S2. The van der Waals surface area contributed by atoms with Crippen LogP contribution in [-0.2, 0) is 14.8 Å². The lowest BCUT2D eigenvalue weighted by Gasteiger charge is -2.15. The minimum atomic E-state index is -3.49. The van der Waals surface area contributed by atoms with Crippen LogP contribution in [0.15, 0.2) is 52.5 Å². The van der Waals surface area contributed by atoms with Crippen molar-refractivity contribution in [3.63, 3.8) is 0 Å². The fourth-order valence-corrected chi connectivity index (χ4v) is 5.13. The van der Waals surface area contributed by atoms with E-state index in [0.29, 0.717) is 23.9 Å². The predicted molar refractivity (Wildman–Crippen MR) is 109 cm³/mol. The molecule has 1 saturated heterocycles. The lowest BCUT2D eigenvalue weighted by atomic mass is 10.2. The number of hydrogen-bond acceptors (Lipinski definition) is 7. The summed E-state index contributed by atoms with van der Waals surface area (Å²) >= 11 is 1.31. The van der Waals surface area contributed by atoms with Gasteiger partial charge >= 0.3 is 0 Å². The van der Waals surface area contributed by atoms with Gasteiger partial charge < -0.3 is 5.32 Å². The molecule has 154 valence electrons.